The molecule has 0 aliphatic rings. The number of hydrogen-bond donors (Lipinski definition) is 2. The zero-order valence-electron chi connectivity index (χ0n) is 14.2. The summed E-state index contributed by atoms with van der Waals surface area (Å²) >= 11 is 0. The van der Waals surface area contributed by atoms with Crippen molar-refractivity contribution in [1.82, 2.24) is 10.4 Å². The average molecular weight is 335 g/mol. The van der Waals surface area contributed by atoms with Gasteiger partial charge < -0.3 is 9.72 Å². The fourth-order valence-corrected chi connectivity index (χ4v) is 2.46. The molecule has 0 atom stereocenters. The number of ether oxygens (including phenoxy) is 1. The number of aromatic nitrogens is 1. The standard InChI is InChI=1S/C20H21N3O2/c1-2-3-12-25-17-10-8-15(9-11-17)20(24)23-22-14-16-13-21-19-7-5-4-6-18(16)19/h4-11,13-14,21H,2-3,12H2,1H3,(H,23,24)/b22-14-. The number of unbranched alkanes of at least 4 members (excludes halogenated alkanes) is 1. The fourth-order valence-electron chi connectivity index (χ4n) is 2.46. The molecule has 5 nitrogen and oxygen atoms in total. The molecule has 2 N–H and O–H groups in total. The summed E-state index contributed by atoms with van der Waals surface area (Å²) in [6.45, 7) is 2.81. The van der Waals surface area contributed by atoms with Crippen molar-refractivity contribution in [2.24, 2.45) is 5.10 Å². The number of amides is 1. The lowest BCUT2D eigenvalue weighted by atomic mass is 10.2. The third kappa shape index (κ3) is 4.26. The molecule has 5 heteroatoms. The van der Waals surface area contributed by atoms with Gasteiger partial charge in [-0.3, -0.25) is 4.79 Å². The largest absolute Gasteiger partial charge is 0.494 e. The molecule has 0 aliphatic heterocycles. The predicted molar refractivity (Wildman–Crippen MR) is 100 cm³/mol. The lowest BCUT2D eigenvalue weighted by Crippen LogP contribution is -2.17. The molecule has 25 heavy (non-hydrogen) atoms. The molecular formula is C20H21N3O2. The molecule has 1 heterocycles. The van der Waals surface area contributed by atoms with E-state index in [2.05, 4.69) is 22.4 Å². The molecule has 1 amide bonds. The smallest absolute Gasteiger partial charge is 0.271 e. The van der Waals surface area contributed by atoms with Gasteiger partial charge in [0.25, 0.3) is 5.91 Å². The second-order valence-electron chi connectivity index (χ2n) is 5.72. The molecule has 3 rings (SSSR count). The number of aromatic amines is 1. The highest BCUT2D eigenvalue weighted by molar-refractivity contribution is 6.00. The number of para-hydroxylation sites is 1. The average Bonchev–Trinajstić information content (AvgIpc) is 3.06. The Morgan fingerprint density at radius 2 is 2.00 bits per heavy atom. The van der Waals surface area contributed by atoms with Crippen LogP contribution >= 0.6 is 0 Å². The van der Waals surface area contributed by atoms with Gasteiger partial charge in [0.2, 0.25) is 0 Å². The molecule has 0 unspecified atom stereocenters. The van der Waals surface area contributed by atoms with E-state index in [-0.39, 0.29) is 5.91 Å². The van der Waals surface area contributed by atoms with Crippen molar-refractivity contribution in [2.45, 2.75) is 19.8 Å². The lowest BCUT2D eigenvalue weighted by Gasteiger charge is -2.05. The molecule has 0 saturated carbocycles. The first-order valence-electron chi connectivity index (χ1n) is 8.40. The highest BCUT2D eigenvalue weighted by atomic mass is 16.5. The Kier molecular flexibility index (Phi) is 5.46. The van der Waals surface area contributed by atoms with Crippen LogP contribution in [-0.2, 0) is 0 Å². The quantitative estimate of drug-likeness (QED) is 0.388. The van der Waals surface area contributed by atoms with E-state index in [0.717, 1.165) is 35.1 Å². The normalized spacial score (nSPS) is 11.1. The highest BCUT2D eigenvalue weighted by Crippen LogP contribution is 2.16. The minimum absolute atomic E-state index is 0.254. The number of rotatable bonds is 7. The maximum Gasteiger partial charge on any atom is 0.271 e. The molecule has 0 radical (unpaired) electrons. The molecule has 0 spiro atoms. The minimum atomic E-state index is -0.254. The zero-order chi connectivity index (χ0) is 17.5. The summed E-state index contributed by atoms with van der Waals surface area (Å²) in [5.41, 5.74) is 5.05. The SMILES string of the molecule is CCCCOc1ccc(C(=O)N/N=C\c2c[nH]c3ccccc23)cc1. The Hall–Kier alpha value is -3.08. The van der Waals surface area contributed by atoms with E-state index in [1.807, 2.05) is 30.5 Å². The van der Waals surface area contributed by atoms with Crippen LogP contribution in [0.15, 0.2) is 59.8 Å². The van der Waals surface area contributed by atoms with E-state index in [4.69, 9.17) is 4.74 Å². The van der Waals surface area contributed by atoms with Gasteiger partial charge in [-0.15, -0.1) is 0 Å². The molecule has 2 aromatic carbocycles. The minimum Gasteiger partial charge on any atom is -0.494 e. The van der Waals surface area contributed by atoms with Crippen LogP contribution in [0.5, 0.6) is 5.75 Å². The molecule has 3 aromatic rings. The van der Waals surface area contributed by atoms with Crippen molar-refractivity contribution in [2.75, 3.05) is 6.61 Å². The number of carbonyl (C=O) groups excluding carboxylic acids is 1. The second-order valence-corrected chi connectivity index (χ2v) is 5.72. The van der Waals surface area contributed by atoms with E-state index >= 15 is 0 Å². The third-order valence-corrected chi connectivity index (χ3v) is 3.87. The van der Waals surface area contributed by atoms with Gasteiger partial charge in [-0.1, -0.05) is 31.5 Å². The molecule has 0 fully saturated rings. The number of nitrogens with zero attached hydrogens (tertiary/aromatic N) is 1. The number of nitrogens with one attached hydrogen (secondary N) is 2. The Morgan fingerprint density at radius 1 is 1.20 bits per heavy atom. The van der Waals surface area contributed by atoms with Crippen molar-refractivity contribution < 1.29 is 9.53 Å². The van der Waals surface area contributed by atoms with Crippen LogP contribution in [-0.4, -0.2) is 23.7 Å². The van der Waals surface area contributed by atoms with E-state index in [9.17, 15) is 4.79 Å². The lowest BCUT2D eigenvalue weighted by molar-refractivity contribution is 0.0955. The topological polar surface area (TPSA) is 66.5 Å². The number of fused-ring (bicyclic) bond motifs is 1. The van der Waals surface area contributed by atoms with Crippen LogP contribution in [0.2, 0.25) is 0 Å². The first-order chi connectivity index (χ1) is 12.3. The summed E-state index contributed by atoms with van der Waals surface area (Å²) in [7, 11) is 0. The van der Waals surface area contributed by atoms with Crippen LogP contribution in [0.4, 0.5) is 0 Å². The van der Waals surface area contributed by atoms with Crippen LogP contribution in [0, 0.1) is 0 Å². The molecule has 1 aromatic heterocycles. The number of H-pyrrole nitrogens is 1. The third-order valence-electron chi connectivity index (χ3n) is 3.87. The molecule has 0 saturated heterocycles. The summed E-state index contributed by atoms with van der Waals surface area (Å²) in [6, 6.07) is 15.0. The summed E-state index contributed by atoms with van der Waals surface area (Å²) in [5.74, 6) is 0.517. The first kappa shape index (κ1) is 16.8. The molecule has 0 bridgehead atoms. The highest BCUT2D eigenvalue weighted by Gasteiger charge is 2.05. The van der Waals surface area contributed by atoms with Crippen molar-refractivity contribution >= 4 is 23.0 Å². The number of hydrazone groups is 1. The molecule has 128 valence electrons. The summed E-state index contributed by atoms with van der Waals surface area (Å²) in [5, 5.41) is 5.11. The van der Waals surface area contributed by atoms with Gasteiger partial charge in [0.05, 0.1) is 12.8 Å². The van der Waals surface area contributed by atoms with Crippen LogP contribution in [0.1, 0.15) is 35.7 Å². The molecule has 0 aliphatic carbocycles. The zero-order valence-corrected chi connectivity index (χ0v) is 14.2. The van der Waals surface area contributed by atoms with Gasteiger partial charge >= 0.3 is 0 Å². The van der Waals surface area contributed by atoms with Gasteiger partial charge in [-0.2, -0.15) is 5.10 Å². The van der Waals surface area contributed by atoms with Crippen molar-refractivity contribution in [1.29, 1.82) is 0 Å². The van der Waals surface area contributed by atoms with Gasteiger partial charge in [0.15, 0.2) is 0 Å². The van der Waals surface area contributed by atoms with Crippen molar-refractivity contribution in [3.05, 3.63) is 65.9 Å². The van der Waals surface area contributed by atoms with Gasteiger partial charge in [-0.05, 0) is 36.8 Å². The maximum absolute atomic E-state index is 12.1. The maximum atomic E-state index is 12.1. The van der Waals surface area contributed by atoms with Crippen molar-refractivity contribution in [3.63, 3.8) is 0 Å². The number of carbonyl (C=O) groups is 1. The Morgan fingerprint density at radius 3 is 2.80 bits per heavy atom. The Labute approximate surface area is 146 Å². The van der Waals surface area contributed by atoms with E-state index in [1.54, 1.807) is 30.5 Å². The summed E-state index contributed by atoms with van der Waals surface area (Å²) < 4.78 is 5.59. The summed E-state index contributed by atoms with van der Waals surface area (Å²) in [4.78, 5) is 15.3. The van der Waals surface area contributed by atoms with Gasteiger partial charge in [-0.25, -0.2) is 5.43 Å². The molecular weight excluding hydrogens is 314 g/mol. The van der Waals surface area contributed by atoms with Crippen LogP contribution < -0.4 is 10.2 Å². The van der Waals surface area contributed by atoms with Crippen molar-refractivity contribution in [3.8, 4) is 5.75 Å². The monoisotopic (exact) mass is 335 g/mol. The number of benzene rings is 2. The Bertz CT molecular complexity index is 866. The van der Waals surface area contributed by atoms with Crippen LogP contribution in [0.3, 0.4) is 0 Å². The van der Waals surface area contributed by atoms with Crippen LogP contribution in [0.25, 0.3) is 10.9 Å². The van der Waals surface area contributed by atoms with E-state index in [1.165, 1.54) is 0 Å². The van der Waals surface area contributed by atoms with Gasteiger partial charge in [0, 0.05) is 28.2 Å². The first-order valence-corrected chi connectivity index (χ1v) is 8.40. The predicted octanol–water partition coefficient (Wildman–Crippen LogP) is 4.11. The Balaban J connectivity index is 1.58. The summed E-state index contributed by atoms with van der Waals surface area (Å²) in [6.07, 6.45) is 5.61. The second kappa shape index (κ2) is 8.15. The van der Waals surface area contributed by atoms with Gasteiger partial charge in [0.1, 0.15) is 5.75 Å². The van der Waals surface area contributed by atoms with E-state index < -0.39 is 0 Å². The number of hydrogen-bond acceptors (Lipinski definition) is 3. The van der Waals surface area contributed by atoms with E-state index in [0.29, 0.717) is 12.2 Å². The fraction of sp³-hybridized carbons (Fsp3) is 0.200.